The van der Waals surface area contributed by atoms with Crippen LogP contribution in [-0.2, 0) is 17.8 Å². The normalized spacial score (nSPS) is 10.6. The molecule has 0 bridgehead atoms. The third-order valence-electron chi connectivity index (χ3n) is 3.29. The van der Waals surface area contributed by atoms with E-state index >= 15 is 0 Å². The van der Waals surface area contributed by atoms with Crippen LogP contribution < -0.4 is 5.32 Å². The van der Waals surface area contributed by atoms with Gasteiger partial charge in [0.1, 0.15) is 5.82 Å². The number of carbonyl (C=O) groups excluding carboxylic acids is 1. The third kappa shape index (κ3) is 3.95. The number of halogens is 1. The Hall–Kier alpha value is -2.10. The van der Waals surface area contributed by atoms with Crippen molar-refractivity contribution in [2.75, 3.05) is 0 Å². The van der Waals surface area contributed by atoms with Crippen molar-refractivity contribution in [2.45, 2.75) is 33.2 Å². The van der Waals surface area contributed by atoms with E-state index in [1.165, 1.54) is 12.1 Å². The number of carbonyl (C=O) groups is 1. The van der Waals surface area contributed by atoms with Gasteiger partial charge in [0.05, 0.1) is 0 Å². The first-order chi connectivity index (χ1) is 9.54. The highest BCUT2D eigenvalue weighted by molar-refractivity contribution is 5.76. The Balaban J connectivity index is 1.78. The number of rotatable bonds is 5. The summed E-state index contributed by atoms with van der Waals surface area (Å²) in [7, 11) is 0. The minimum atomic E-state index is -0.253. The van der Waals surface area contributed by atoms with E-state index in [2.05, 4.69) is 10.3 Å². The number of amides is 1. The number of aryl methyl sites for hydroxylation is 3. The lowest BCUT2D eigenvalue weighted by molar-refractivity contribution is -0.121. The smallest absolute Gasteiger partial charge is 0.220 e. The highest BCUT2D eigenvalue weighted by Crippen LogP contribution is 2.09. The quantitative estimate of drug-likeness (QED) is 0.865. The first-order valence-corrected chi connectivity index (χ1v) is 6.71. The van der Waals surface area contributed by atoms with Crippen molar-refractivity contribution in [1.82, 2.24) is 10.3 Å². The third-order valence-corrected chi connectivity index (χ3v) is 3.29. The molecule has 0 saturated carbocycles. The van der Waals surface area contributed by atoms with Crippen LogP contribution in [0.3, 0.4) is 0 Å². The lowest BCUT2D eigenvalue weighted by Gasteiger charge is -2.05. The SMILES string of the molecule is Cc1cc(CNC(=O)CCc2ccc(F)cc2)c(C)[nH]1. The molecule has 0 unspecified atom stereocenters. The van der Waals surface area contributed by atoms with E-state index < -0.39 is 0 Å². The fourth-order valence-electron chi connectivity index (χ4n) is 2.16. The highest BCUT2D eigenvalue weighted by atomic mass is 19.1. The molecule has 0 atom stereocenters. The largest absolute Gasteiger partial charge is 0.362 e. The molecule has 2 rings (SSSR count). The predicted molar refractivity (Wildman–Crippen MR) is 76.8 cm³/mol. The van der Waals surface area contributed by atoms with Crippen molar-refractivity contribution in [3.8, 4) is 0 Å². The zero-order valence-electron chi connectivity index (χ0n) is 11.8. The summed E-state index contributed by atoms with van der Waals surface area (Å²) in [5, 5.41) is 2.90. The molecular formula is C16H19FN2O. The predicted octanol–water partition coefficient (Wildman–Crippen LogP) is 3.02. The van der Waals surface area contributed by atoms with Gasteiger partial charge in [0, 0.05) is 24.4 Å². The number of hydrogen-bond donors (Lipinski definition) is 2. The number of nitrogens with one attached hydrogen (secondary N) is 2. The molecule has 0 aliphatic carbocycles. The summed E-state index contributed by atoms with van der Waals surface area (Å²) in [6.07, 6.45) is 1.03. The topological polar surface area (TPSA) is 44.9 Å². The molecule has 0 fully saturated rings. The summed E-state index contributed by atoms with van der Waals surface area (Å²) in [4.78, 5) is 15.0. The van der Waals surface area contributed by atoms with Crippen LogP contribution in [0.25, 0.3) is 0 Å². The fraction of sp³-hybridized carbons (Fsp3) is 0.312. The zero-order chi connectivity index (χ0) is 14.5. The Morgan fingerprint density at radius 3 is 2.55 bits per heavy atom. The van der Waals surface area contributed by atoms with Gasteiger partial charge in [0.25, 0.3) is 0 Å². The van der Waals surface area contributed by atoms with Crippen LogP contribution >= 0.6 is 0 Å². The minimum absolute atomic E-state index is 0.00702. The molecular weight excluding hydrogens is 255 g/mol. The maximum absolute atomic E-state index is 12.8. The Kier molecular flexibility index (Phi) is 4.56. The van der Waals surface area contributed by atoms with Gasteiger partial charge < -0.3 is 10.3 Å². The first-order valence-electron chi connectivity index (χ1n) is 6.71. The summed E-state index contributed by atoms with van der Waals surface area (Å²) < 4.78 is 12.8. The van der Waals surface area contributed by atoms with Crippen molar-refractivity contribution in [3.05, 3.63) is 58.7 Å². The molecule has 2 N–H and O–H groups in total. The van der Waals surface area contributed by atoms with E-state index in [-0.39, 0.29) is 11.7 Å². The van der Waals surface area contributed by atoms with Crippen LogP contribution in [0.5, 0.6) is 0 Å². The van der Waals surface area contributed by atoms with Gasteiger partial charge in [0.2, 0.25) is 5.91 Å². The monoisotopic (exact) mass is 274 g/mol. The maximum atomic E-state index is 12.8. The summed E-state index contributed by atoms with van der Waals surface area (Å²) in [5.41, 5.74) is 4.26. The van der Waals surface area contributed by atoms with Crippen LogP contribution in [0.1, 0.15) is 28.9 Å². The number of benzene rings is 1. The highest BCUT2D eigenvalue weighted by Gasteiger charge is 2.05. The molecule has 1 aromatic heterocycles. The summed E-state index contributed by atoms with van der Waals surface area (Å²) >= 11 is 0. The second-order valence-corrected chi connectivity index (χ2v) is 5.01. The lowest BCUT2D eigenvalue weighted by atomic mass is 10.1. The standard InChI is InChI=1S/C16H19FN2O/c1-11-9-14(12(2)19-11)10-18-16(20)8-5-13-3-6-15(17)7-4-13/h3-4,6-7,9,19H,5,8,10H2,1-2H3,(H,18,20). The average molecular weight is 274 g/mol. The van der Waals surface area contributed by atoms with Gasteiger partial charge >= 0.3 is 0 Å². The van der Waals surface area contributed by atoms with Crippen LogP contribution in [0.15, 0.2) is 30.3 Å². The van der Waals surface area contributed by atoms with Gasteiger partial charge in [-0.1, -0.05) is 12.1 Å². The molecule has 0 spiro atoms. The maximum Gasteiger partial charge on any atom is 0.220 e. The van der Waals surface area contributed by atoms with Crippen molar-refractivity contribution in [2.24, 2.45) is 0 Å². The zero-order valence-corrected chi connectivity index (χ0v) is 11.8. The van der Waals surface area contributed by atoms with Gasteiger partial charge in [0.15, 0.2) is 0 Å². The summed E-state index contributed by atoms with van der Waals surface area (Å²) in [6, 6.07) is 8.29. The molecule has 1 amide bonds. The second kappa shape index (κ2) is 6.37. The minimum Gasteiger partial charge on any atom is -0.362 e. The van der Waals surface area contributed by atoms with Crippen LogP contribution in [0, 0.1) is 19.7 Å². The second-order valence-electron chi connectivity index (χ2n) is 5.01. The molecule has 0 radical (unpaired) electrons. The number of H-pyrrole nitrogens is 1. The Labute approximate surface area is 118 Å². The van der Waals surface area contributed by atoms with E-state index in [4.69, 9.17) is 0 Å². The van der Waals surface area contributed by atoms with E-state index in [0.717, 1.165) is 22.5 Å². The van der Waals surface area contributed by atoms with E-state index in [9.17, 15) is 9.18 Å². The molecule has 0 aliphatic heterocycles. The molecule has 20 heavy (non-hydrogen) atoms. The van der Waals surface area contributed by atoms with Gasteiger partial charge in [-0.05, 0) is 49.6 Å². The van der Waals surface area contributed by atoms with Gasteiger partial charge in [-0.2, -0.15) is 0 Å². The number of aromatic amines is 1. The van der Waals surface area contributed by atoms with Gasteiger partial charge in [-0.3, -0.25) is 4.79 Å². The van der Waals surface area contributed by atoms with Crippen molar-refractivity contribution >= 4 is 5.91 Å². The Morgan fingerprint density at radius 2 is 1.95 bits per heavy atom. The molecule has 1 heterocycles. The van der Waals surface area contributed by atoms with E-state index in [1.807, 2.05) is 19.9 Å². The van der Waals surface area contributed by atoms with Crippen LogP contribution in [0.4, 0.5) is 4.39 Å². The Morgan fingerprint density at radius 1 is 1.25 bits per heavy atom. The molecule has 0 aliphatic rings. The first kappa shape index (κ1) is 14.3. The molecule has 2 aromatic rings. The molecule has 0 saturated heterocycles. The molecule has 106 valence electrons. The average Bonchev–Trinajstić information content (AvgIpc) is 2.74. The van der Waals surface area contributed by atoms with Crippen LogP contribution in [0.2, 0.25) is 0 Å². The van der Waals surface area contributed by atoms with Crippen molar-refractivity contribution in [3.63, 3.8) is 0 Å². The fourth-order valence-corrected chi connectivity index (χ4v) is 2.16. The number of aromatic nitrogens is 1. The molecule has 4 heteroatoms. The van der Waals surface area contributed by atoms with E-state index in [0.29, 0.717) is 19.4 Å². The summed E-state index contributed by atoms with van der Waals surface area (Å²) in [5.74, 6) is -0.246. The lowest BCUT2D eigenvalue weighted by Crippen LogP contribution is -2.23. The summed E-state index contributed by atoms with van der Waals surface area (Å²) in [6.45, 7) is 4.53. The number of hydrogen-bond acceptors (Lipinski definition) is 1. The van der Waals surface area contributed by atoms with E-state index in [1.54, 1.807) is 12.1 Å². The molecule has 3 nitrogen and oxygen atoms in total. The molecule has 1 aromatic carbocycles. The Bertz CT molecular complexity index is 587. The van der Waals surface area contributed by atoms with Gasteiger partial charge in [-0.15, -0.1) is 0 Å². The van der Waals surface area contributed by atoms with Crippen molar-refractivity contribution in [1.29, 1.82) is 0 Å². The van der Waals surface area contributed by atoms with Crippen molar-refractivity contribution < 1.29 is 9.18 Å². The van der Waals surface area contributed by atoms with Crippen LogP contribution in [-0.4, -0.2) is 10.9 Å². The van der Waals surface area contributed by atoms with Gasteiger partial charge in [-0.25, -0.2) is 4.39 Å².